The molecule has 19 heavy (non-hydrogen) atoms. The van der Waals surface area contributed by atoms with Gasteiger partial charge in [0.15, 0.2) is 5.17 Å². The molecule has 1 amide bonds. The monoisotopic (exact) mass is 277 g/mol. The highest BCUT2D eigenvalue weighted by Crippen LogP contribution is 2.11. The van der Waals surface area contributed by atoms with Crippen LogP contribution in [0.5, 0.6) is 0 Å². The van der Waals surface area contributed by atoms with E-state index in [-0.39, 0.29) is 11.5 Å². The van der Waals surface area contributed by atoms with Crippen molar-refractivity contribution in [1.29, 1.82) is 0 Å². The fourth-order valence-electron chi connectivity index (χ4n) is 1.48. The lowest BCUT2D eigenvalue weighted by atomic mass is 10.1. The number of nitrogens with one attached hydrogen (secondary N) is 1. The summed E-state index contributed by atoms with van der Waals surface area (Å²) in [5.41, 5.74) is 1.57. The Hall–Kier alpha value is -2.15. The average molecular weight is 277 g/mol. The van der Waals surface area contributed by atoms with Crippen molar-refractivity contribution in [3.05, 3.63) is 34.9 Å². The molecule has 0 saturated carbocycles. The Morgan fingerprint density at radius 2 is 2.32 bits per heavy atom. The summed E-state index contributed by atoms with van der Waals surface area (Å²) in [5, 5.41) is 19.6. The van der Waals surface area contributed by atoms with Gasteiger partial charge in [-0.1, -0.05) is 23.9 Å². The summed E-state index contributed by atoms with van der Waals surface area (Å²) < 4.78 is 0. The molecule has 1 fully saturated rings. The molecule has 0 unspecified atom stereocenters. The molecule has 1 aliphatic heterocycles. The Balaban J connectivity index is 2.13. The summed E-state index contributed by atoms with van der Waals surface area (Å²) in [6, 6.07) is 5.00. The third-order valence-electron chi connectivity index (χ3n) is 2.43. The third kappa shape index (κ3) is 3.41. The summed E-state index contributed by atoms with van der Waals surface area (Å²) in [5.74, 6) is -0.720. The van der Waals surface area contributed by atoms with Gasteiger partial charge in [-0.2, -0.15) is 5.10 Å². The van der Waals surface area contributed by atoms with E-state index in [1.165, 1.54) is 24.0 Å². The first-order valence-electron chi connectivity index (χ1n) is 5.44. The van der Waals surface area contributed by atoms with Gasteiger partial charge >= 0.3 is 5.97 Å². The molecule has 0 aromatic heterocycles. The highest BCUT2D eigenvalue weighted by molar-refractivity contribution is 8.15. The number of nitrogens with zero attached hydrogens (tertiary/aromatic N) is 2. The van der Waals surface area contributed by atoms with E-state index in [9.17, 15) is 9.59 Å². The maximum absolute atomic E-state index is 11.0. The lowest BCUT2D eigenvalue weighted by Crippen LogP contribution is -2.19. The van der Waals surface area contributed by atoms with Gasteiger partial charge in [-0.3, -0.25) is 4.79 Å². The first-order valence-corrected chi connectivity index (χ1v) is 6.42. The van der Waals surface area contributed by atoms with Gasteiger partial charge in [-0.15, -0.1) is 5.10 Å². The molecule has 1 aromatic rings. The molecule has 0 spiro atoms. The Morgan fingerprint density at radius 1 is 1.53 bits per heavy atom. The molecule has 98 valence electrons. The summed E-state index contributed by atoms with van der Waals surface area (Å²) >= 11 is 1.28. The molecule has 1 heterocycles. The summed E-state index contributed by atoms with van der Waals surface area (Å²) in [4.78, 5) is 21.9. The minimum absolute atomic E-state index is 0.0950. The van der Waals surface area contributed by atoms with Crippen LogP contribution in [-0.2, 0) is 4.79 Å². The van der Waals surface area contributed by atoms with Crippen molar-refractivity contribution in [1.82, 2.24) is 5.32 Å². The molecule has 2 N–H and O–H groups in total. The van der Waals surface area contributed by atoms with Crippen LogP contribution in [0.2, 0.25) is 0 Å². The minimum atomic E-state index is -0.974. The first kappa shape index (κ1) is 13.3. The predicted molar refractivity (Wildman–Crippen MR) is 73.8 cm³/mol. The lowest BCUT2D eigenvalue weighted by molar-refractivity contribution is -0.116. The Kier molecular flexibility index (Phi) is 3.96. The van der Waals surface area contributed by atoms with Crippen LogP contribution in [0.1, 0.15) is 21.5 Å². The largest absolute Gasteiger partial charge is 0.478 e. The van der Waals surface area contributed by atoms with E-state index in [1.54, 1.807) is 19.1 Å². The van der Waals surface area contributed by atoms with Gasteiger partial charge in [-0.25, -0.2) is 4.79 Å². The number of rotatable bonds is 3. The van der Waals surface area contributed by atoms with Crippen LogP contribution >= 0.6 is 11.8 Å². The quantitative estimate of drug-likeness (QED) is 0.642. The van der Waals surface area contributed by atoms with Gasteiger partial charge in [-0.05, 0) is 24.1 Å². The summed E-state index contributed by atoms with van der Waals surface area (Å²) in [6.45, 7) is 1.73. The van der Waals surface area contributed by atoms with Gasteiger partial charge in [0.1, 0.15) is 0 Å². The molecule has 0 aliphatic carbocycles. The number of hydrogen-bond acceptors (Lipinski definition) is 5. The molecule has 1 aromatic carbocycles. The summed E-state index contributed by atoms with van der Waals surface area (Å²) in [6.07, 6.45) is 1.45. The van der Waals surface area contributed by atoms with E-state index in [0.717, 1.165) is 0 Å². The number of aromatic carboxylic acids is 1. The molecule has 2 rings (SSSR count). The van der Waals surface area contributed by atoms with Gasteiger partial charge in [0.05, 0.1) is 17.5 Å². The second kappa shape index (κ2) is 5.66. The van der Waals surface area contributed by atoms with Crippen LogP contribution in [0, 0.1) is 6.92 Å². The molecule has 0 radical (unpaired) electrons. The standard InChI is InChI=1S/C12H11N3O3S/c1-7-2-3-8(4-9(7)11(17)18)5-13-15-12-14-10(16)6-19-12/h2-5H,6H2,1H3,(H,17,18)(H,14,15,16). The van der Waals surface area contributed by atoms with Gasteiger partial charge in [0, 0.05) is 0 Å². The number of benzene rings is 1. The van der Waals surface area contributed by atoms with E-state index in [1.807, 2.05) is 0 Å². The number of amides is 1. The van der Waals surface area contributed by atoms with Crippen LogP contribution in [0.25, 0.3) is 0 Å². The molecule has 1 saturated heterocycles. The van der Waals surface area contributed by atoms with Crippen LogP contribution in [0.3, 0.4) is 0 Å². The zero-order valence-corrected chi connectivity index (χ0v) is 10.9. The lowest BCUT2D eigenvalue weighted by Gasteiger charge is -2.00. The van der Waals surface area contributed by atoms with E-state index < -0.39 is 5.97 Å². The SMILES string of the molecule is Cc1ccc(C=NN=C2NC(=O)CS2)cc1C(=O)O. The van der Waals surface area contributed by atoms with Crippen molar-refractivity contribution in [2.24, 2.45) is 10.2 Å². The van der Waals surface area contributed by atoms with Crippen molar-refractivity contribution in [2.75, 3.05) is 5.75 Å². The second-order valence-corrected chi connectivity index (χ2v) is 4.83. The zero-order chi connectivity index (χ0) is 13.8. The normalized spacial score (nSPS) is 17.1. The van der Waals surface area contributed by atoms with E-state index in [2.05, 4.69) is 15.5 Å². The minimum Gasteiger partial charge on any atom is -0.478 e. The van der Waals surface area contributed by atoms with Crippen LogP contribution in [0.15, 0.2) is 28.4 Å². The number of carboxylic acid groups (broad SMARTS) is 1. The van der Waals surface area contributed by atoms with Crippen LogP contribution in [0.4, 0.5) is 0 Å². The van der Waals surface area contributed by atoms with E-state index in [4.69, 9.17) is 5.11 Å². The average Bonchev–Trinajstić information content (AvgIpc) is 2.77. The number of amidine groups is 1. The molecule has 7 heteroatoms. The fraction of sp³-hybridized carbons (Fsp3) is 0.167. The Labute approximate surface area is 113 Å². The Morgan fingerprint density at radius 3 is 2.95 bits per heavy atom. The zero-order valence-electron chi connectivity index (χ0n) is 10.1. The van der Waals surface area contributed by atoms with Gasteiger partial charge < -0.3 is 10.4 Å². The second-order valence-electron chi connectivity index (χ2n) is 3.87. The summed E-state index contributed by atoms with van der Waals surface area (Å²) in [7, 11) is 0. The number of thioether (sulfide) groups is 1. The van der Waals surface area contributed by atoms with Crippen molar-refractivity contribution in [2.45, 2.75) is 6.92 Å². The number of carbonyl (C=O) groups excluding carboxylic acids is 1. The number of carbonyl (C=O) groups is 2. The van der Waals surface area contributed by atoms with Crippen LogP contribution in [-0.4, -0.2) is 34.1 Å². The van der Waals surface area contributed by atoms with Gasteiger partial charge in [0.25, 0.3) is 0 Å². The van der Waals surface area contributed by atoms with Crippen molar-refractivity contribution < 1.29 is 14.7 Å². The van der Waals surface area contributed by atoms with E-state index in [0.29, 0.717) is 22.0 Å². The highest BCUT2D eigenvalue weighted by atomic mass is 32.2. The number of carboxylic acids is 1. The molecular formula is C12H11N3O3S. The smallest absolute Gasteiger partial charge is 0.335 e. The van der Waals surface area contributed by atoms with Crippen molar-refractivity contribution in [3.8, 4) is 0 Å². The van der Waals surface area contributed by atoms with Crippen molar-refractivity contribution >= 4 is 35.0 Å². The number of hydrogen-bond donors (Lipinski definition) is 2. The number of aryl methyl sites for hydroxylation is 1. The maximum atomic E-state index is 11.0. The van der Waals surface area contributed by atoms with Gasteiger partial charge in [0.2, 0.25) is 5.91 Å². The fourth-order valence-corrected chi connectivity index (χ4v) is 2.11. The first-order chi connectivity index (χ1) is 9.06. The predicted octanol–water partition coefficient (Wildman–Crippen LogP) is 1.25. The molecular weight excluding hydrogens is 266 g/mol. The molecule has 0 atom stereocenters. The molecule has 1 aliphatic rings. The third-order valence-corrected chi connectivity index (χ3v) is 3.30. The van der Waals surface area contributed by atoms with Crippen molar-refractivity contribution in [3.63, 3.8) is 0 Å². The van der Waals surface area contributed by atoms with Crippen LogP contribution < -0.4 is 5.32 Å². The van der Waals surface area contributed by atoms with E-state index >= 15 is 0 Å². The highest BCUT2D eigenvalue weighted by Gasteiger charge is 2.15. The molecule has 6 nitrogen and oxygen atoms in total. The maximum Gasteiger partial charge on any atom is 0.335 e. The topological polar surface area (TPSA) is 91.1 Å². The Bertz CT molecular complexity index is 596. The molecule has 0 bridgehead atoms.